The van der Waals surface area contributed by atoms with Gasteiger partial charge in [-0.15, -0.1) is 0 Å². The molecule has 8 heteroatoms. The van der Waals surface area contributed by atoms with Crippen LogP contribution in [0.1, 0.15) is 22.0 Å². The van der Waals surface area contributed by atoms with Gasteiger partial charge in [0.05, 0.1) is 30.0 Å². The van der Waals surface area contributed by atoms with Crippen LogP contribution in [0, 0.1) is 0 Å². The first-order valence-electron chi connectivity index (χ1n) is 8.25. The number of aromatic nitrogens is 2. The number of nitrogens with zero attached hydrogens (tertiary/aromatic N) is 3. The fraction of sp³-hybridized carbons (Fsp3) is 0.263. The number of hydrogen-bond donors (Lipinski definition) is 0. The number of carbonyl (C=O) groups is 1. The molecule has 0 saturated carbocycles. The number of hydrogen-bond acceptors (Lipinski definition) is 5. The van der Waals surface area contributed by atoms with Gasteiger partial charge in [0.15, 0.2) is 5.76 Å². The fourth-order valence-electron chi connectivity index (χ4n) is 2.51. The Balaban J connectivity index is 1.61. The zero-order valence-corrected chi connectivity index (χ0v) is 16.9. The zero-order chi connectivity index (χ0) is 19.4. The highest BCUT2D eigenvalue weighted by Gasteiger charge is 2.19. The molecule has 2 heterocycles. The Morgan fingerprint density at radius 2 is 2.07 bits per heavy atom. The van der Waals surface area contributed by atoms with E-state index < -0.39 is 0 Å². The van der Waals surface area contributed by atoms with E-state index in [1.54, 1.807) is 48.1 Å². The van der Waals surface area contributed by atoms with E-state index in [4.69, 9.17) is 13.9 Å². The molecule has 142 valence electrons. The number of amides is 1. The Kier molecular flexibility index (Phi) is 5.85. The predicted molar refractivity (Wildman–Crippen MR) is 103 cm³/mol. The molecule has 0 saturated heterocycles. The van der Waals surface area contributed by atoms with Crippen molar-refractivity contribution in [1.82, 2.24) is 14.7 Å². The first kappa shape index (κ1) is 19.0. The number of methoxy groups -OCH3 is 1. The molecule has 3 rings (SSSR count). The molecule has 0 aliphatic heterocycles. The molecule has 7 nitrogen and oxygen atoms in total. The average Bonchev–Trinajstić information content (AvgIpc) is 3.28. The van der Waals surface area contributed by atoms with Crippen molar-refractivity contribution in [1.29, 1.82) is 0 Å². The lowest BCUT2D eigenvalue weighted by Crippen LogP contribution is -2.27. The second-order valence-corrected chi connectivity index (χ2v) is 6.81. The Bertz CT molecular complexity index is 915. The topological polar surface area (TPSA) is 69.7 Å². The summed E-state index contributed by atoms with van der Waals surface area (Å²) >= 11 is 3.44. The van der Waals surface area contributed by atoms with Gasteiger partial charge in [-0.3, -0.25) is 9.48 Å². The third kappa shape index (κ3) is 4.51. The van der Waals surface area contributed by atoms with Crippen LogP contribution < -0.4 is 9.47 Å². The number of carbonyl (C=O) groups excluding carboxylic acids is 1. The molecule has 2 aromatic heterocycles. The molecule has 0 aliphatic rings. The van der Waals surface area contributed by atoms with Gasteiger partial charge in [0.1, 0.15) is 23.9 Å². The van der Waals surface area contributed by atoms with Crippen molar-refractivity contribution in [3.05, 3.63) is 64.3 Å². The summed E-state index contributed by atoms with van der Waals surface area (Å²) in [4.78, 5) is 14.2. The normalized spacial score (nSPS) is 10.7. The summed E-state index contributed by atoms with van der Waals surface area (Å²) < 4.78 is 19.1. The Hall–Kier alpha value is -2.74. The maximum atomic E-state index is 12.6. The third-order valence-corrected chi connectivity index (χ3v) is 4.70. The van der Waals surface area contributed by atoms with E-state index in [1.165, 1.54) is 0 Å². The van der Waals surface area contributed by atoms with E-state index in [9.17, 15) is 4.79 Å². The summed E-state index contributed by atoms with van der Waals surface area (Å²) in [6.45, 7) is 0.629. The van der Waals surface area contributed by atoms with Gasteiger partial charge in [0.2, 0.25) is 0 Å². The van der Waals surface area contributed by atoms with Gasteiger partial charge in [0.25, 0.3) is 5.91 Å². The first-order chi connectivity index (χ1) is 13.0. The number of benzene rings is 1. The molecule has 0 N–H and O–H groups in total. The number of halogens is 1. The standard InChI is InChI=1S/C19H20BrN3O4/c1-22(11-17-16(20)10-21-23(17)2)19(24)18-8-7-15(27-18)12-26-14-6-4-5-13(9-14)25-3/h4-10H,11-12H2,1-3H3. The van der Waals surface area contributed by atoms with E-state index in [2.05, 4.69) is 21.0 Å². The minimum atomic E-state index is -0.212. The average molecular weight is 434 g/mol. The maximum absolute atomic E-state index is 12.6. The van der Waals surface area contributed by atoms with Crippen molar-refractivity contribution in [2.24, 2.45) is 7.05 Å². The largest absolute Gasteiger partial charge is 0.497 e. The molecule has 1 aromatic carbocycles. The summed E-state index contributed by atoms with van der Waals surface area (Å²) in [6.07, 6.45) is 1.70. The molecule has 0 aliphatic carbocycles. The van der Waals surface area contributed by atoms with Crippen LogP contribution in [0.5, 0.6) is 11.5 Å². The van der Waals surface area contributed by atoms with Crippen molar-refractivity contribution in [3.8, 4) is 11.5 Å². The summed E-state index contributed by atoms with van der Waals surface area (Å²) in [5, 5.41) is 4.15. The van der Waals surface area contributed by atoms with Crippen LogP contribution in [-0.2, 0) is 20.2 Å². The molecule has 27 heavy (non-hydrogen) atoms. The molecule has 3 aromatic rings. The minimum absolute atomic E-state index is 0.212. The Labute approximate surface area is 165 Å². The zero-order valence-electron chi connectivity index (χ0n) is 15.3. The van der Waals surface area contributed by atoms with Gasteiger partial charge in [-0.25, -0.2) is 0 Å². The molecule has 0 spiro atoms. The van der Waals surface area contributed by atoms with Crippen molar-refractivity contribution in [3.63, 3.8) is 0 Å². The number of rotatable bonds is 7. The lowest BCUT2D eigenvalue weighted by Gasteiger charge is -2.16. The smallest absolute Gasteiger partial charge is 0.289 e. The monoisotopic (exact) mass is 433 g/mol. The summed E-state index contributed by atoms with van der Waals surface area (Å²) in [6, 6.07) is 10.7. The molecule has 0 unspecified atom stereocenters. The molecule has 1 amide bonds. The van der Waals surface area contributed by atoms with Gasteiger partial charge < -0.3 is 18.8 Å². The van der Waals surface area contributed by atoms with Crippen molar-refractivity contribution in [2.75, 3.05) is 14.2 Å². The van der Waals surface area contributed by atoms with E-state index in [0.717, 1.165) is 10.2 Å². The van der Waals surface area contributed by atoms with Gasteiger partial charge in [-0.05, 0) is 40.2 Å². The predicted octanol–water partition coefficient (Wildman–Crippen LogP) is 3.64. The van der Waals surface area contributed by atoms with E-state index in [0.29, 0.717) is 23.8 Å². The highest BCUT2D eigenvalue weighted by atomic mass is 79.9. The van der Waals surface area contributed by atoms with Crippen LogP contribution >= 0.6 is 15.9 Å². The lowest BCUT2D eigenvalue weighted by atomic mass is 10.3. The summed E-state index contributed by atoms with van der Waals surface area (Å²) in [7, 11) is 5.15. The van der Waals surface area contributed by atoms with E-state index >= 15 is 0 Å². The minimum Gasteiger partial charge on any atom is -0.497 e. The van der Waals surface area contributed by atoms with Gasteiger partial charge in [0, 0.05) is 20.2 Å². The summed E-state index contributed by atoms with van der Waals surface area (Å²) in [5.41, 5.74) is 0.902. The van der Waals surface area contributed by atoms with Crippen molar-refractivity contribution >= 4 is 21.8 Å². The van der Waals surface area contributed by atoms with Crippen LogP contribution in [0.3, 0.4) is 0 Å². The molecule has 0 fully saturated rings. The second-order valence-electron chi connectivity index (χ2n) is 5.96. The third-order valence-electron chi connectivity index (χ3n) is 4.04. The molecular formula is C19H20BrN3O4. The van der Waals surface area contributed by atoms with Crippen molar-refractivity contribution < 1.29 is 18.7 Å². The number of furan rings is 1. The fourth-order valence-corrected chi connectivity index (χ4v) is 2.99. The highest BCUT2D eigenvalue weighted by molar-refractivity contribution is 9.10. The number of aryl methyl sites for hydroxylation is 1. The van der Waals surface area contributed by atoms with Crippen LogP contribution in [0.15, 0.2) is 51.5 Å². The van der Waals surface area contributed by atoms with Crippen LogP contribution in [0.2, 0.25) is 0 Å². The van der Waals surface area contributed by atoms with E-state index in [1.807, 2.05) is 25.2 Å². The first-order valence-corrected chi connectivity index (χ1v) is 9.04. The second kappa shape index (κ2) is 8.30. The van der Waals surface area contributed by atoms with Gasteiger partial charge >= 0.3 is 0 Å². The number of ether oxygens (including phenoxy) is 2. The van der Waals surface area contributed by atoms with Gasteiger partial charge in [-0.2, -0.15) is 5.10 Å². The van der Waals surface area contributed by atoms with Crippen LogP contribution in [-0.4, -0.2) is 34.7 Å². The molecule has 0 radical (unpaired) electrons. The quantitative estimate of drug-likeness (QED) is 0.568. The molecule has 0 atom stereocenters. The van der Waals surface area contributed by atoms with E-state index in [-0.39, 0.29) is 18.3 Å². The SMILES string of the molecule is COc1cccc(OCc2ccc(C(=O)N(C)Cc3c(Br)cnn3C)o2)c1. The Morgan fingerprint density at radius 1 is 1.30 bits per heavy atom. The summed E-state index contributed by atoms with van der Waals surface area (Å²) in [5.74, 6) is 2.00. The molecule has 0 bridgehead atoms. The highest BCUT2D eigenvalue weighted by Crippen LogP contribution is 2.21. The lowest BCUT2D eigenvalue weighted by molar-refractivity contribution is 0.0746. The Morgan fingerprint density at radius 3 is 2.78 bits per heavy atom. The van der Waals surface area contributed by atoms with Crippen LogP contribution in [0.25, 0.3) is 0 Å². The van der Waals surface area contributed by atoms with Crippen molar-refractivity contribution in [2.45, 2.75) is 13.2 Å². The van der Waals surface area contributed by atoms with Gasteiger partial charge in [-0.1, -0.05) is 6.07 Å². The molecular weight excluding hydrogens is 414 g/mol. The maximum Gasteiger partial charge on any atom is 0.289 e. The van der Waals surface area contributed by atoms with Crippen LogP contribution in [0.4, 0.5) is 0 Å².